The minimum Gasteiger partial charge on any atom is -0.356 e. The van der Waals surface area contributed by atoms with Crippen molar-refractivity contribution < 1.29 is 0 Å². The molecule has 3 heterocycles. The number of piperidine rings is 1. The Labute approximate surface area is 96.9 Å². The fraction of sp³-hybridized carbons (Fsp3) is 0.615. The lowest BCUT2D eigenvalue weighted by atomic mass is 9.89. The third kappa shape index (κ3) is 1.80. The predicted octanol–water partition coefficient (Wildman–Crippen LogP) is 1.44. The summed E-state index contributed by atoms with van der Waals surface area (Å²) in [5, 5.41) is 3.50. The number of aryl methyl sites for hydroxylation is 1. The monoisotopic (exact) mass is 217 g/mol. The first kappa shape index (κ1) is 10.1. The zero-order chi connectivity index (χ0) is 11.0. The van der Waals surface area contributed by atoms with Crippen LogP contribution in [0, 0.1) is 18.8 Å². The Bertz CT molecular complexity index is 377. The average Bonchev–Trinajstić information content (AvgIpc) is 2.75. The van der Waals surface area contributed by atoms with E-state index in [1.165, 1.54) is 32.6 Å². The van der Waals surface area contributed by atoms with Crippen molar-refractivity contribution in [2.75, 3.05) is 31.1 Å². The molecule has 0 aliphatic carbocycles. The number of hydrogen-bond acceptors (Lipinski definition) is 3. The van der Waals surface area contributed by atoms with Crippen LogP contribution in [0.25, 0.3) is 0 Å². The van der Waals surface area contributed by atoms with Crippen molar-refractivity contribution in [1.29, 1.82) is 0 Å². The lowest BCUT2D eigenvalue weighted by Gasteiger charge is -2.35. The van der Waals surface area contributed by atoms with Gasteiger partial charge in [0.1, 0.15) is 5.82 Å². The summed E-state index contributed by atoms with van der Waals surface area (Å²) in [7, 11) is 0. The first-order valence-corrected chi connectivity index (χ1v) is 6.22. The summed E-state index contributed by atoms with van der Waals surface area (Å²) in [6.45, 7) is 6.81. The maximum atomic E-state index is 4.62. The van der Waals surface area contributed by atoms with Gasteiger partial charge in [0.25, 0.3) is 0 Å². The van der Waals surface area contributed by atoms with E-state index in [4.69, 9.17) is 0 Å². The maximum Gasteiger partial charge on any atom is 0.128 e. The first-order chi connectivity index (χ1) is 7.83. The summed E-state index contributed by atoms with van der Waals surface area (Å²) in [5.74, 6) is 2.89. The van der Waals surface area contributed by atoms with E-state index in [-0.39, 0.29) is 0 Å². The van der Waals surface area contributed by atoms with Crippen LogP contribution in [0.5, 0.6) is 0 Å². The van der Waals surface area contributed by atoms with E-state index in [0.717, 1.165) is 23.3 Å². The predicted molar refractivity (Wildman–Crippen MR) is 65.7 cm³/mol. The van der Waals surface area contributed by atoms with Gasteiger partial charge in [-0.2, -0.15) is 0 Å². The number of rotatable bonds is 1. The molecule has 3 rings (SSSR count). The molecule has 2 atom stereocenters. The Morgan fingerprint density at radius 1 is 1.31 bits per heavy atom. The van der Waals surface area contributed by atoms with Gasteiger partial charge in [0.05, 0.1) is 0 Å². The topological polar surface area (TPSA) is 28.2 Å². The minimum absolute atomic E-state index is 0.830. The number of fused-ring (bicyclic) bond motifs is 1. The summed E-state index contributed by atoms with van der Waals surface area (Å²) in [5.41, 5.74) is 1.11. The van der Waals surface area contributed by atoms with Crippen LogP contribution >= 0.6 is 0 Å². The molecule has 0 aromatic carbocycles. The number of anilines is 1. The van der Waals surface area contributed by atoms with Gasteiger partial charge in [0.15, 0.2) is 0 Å². The zero-order valence-corrected chi connectivity index (χ0v) is 9.82. The molecule has 0 spiro atoms. The fourth-order valence-electron chi connectivity index (χ4n) is 2.95. The van der Waals surface area contributed by atoms with Crippen LogP contribution in [0.4, 0.5) is 5.82 Å². The first-order valence-electron chi connectivity index (χ1n) is 6.22. The largest absolute Gasteiger partial charge is 0.356 e. The van der Waals surface area contributed by atoms with Crippen molar-refractivity contribution in [3.8, 4) is 0 Å². The molecule has 2 unspecified atom stereocenters. The van der Waals surface area contributed by atoms with Gasteiger partial charge >= 0.3 is 0 Å². The highest BCUT2D eigenvalue weighted by molar-refractivity contribution is 5.40. The Kier molecular flexibility index (Phi) is 2.56. The molecule has 2 aliphatic heterocycles. The van der Waals surface area contributed by atoms with Gasteiger partial charge in [-0.3, -0.25) is 0 Å². The fourth-order valence-corrected chi connectivity index (χ4v) is 2.95. The van der Waals surface area contributed by atoms with Gasteiger partial charge in [0.2, 0.25) is 0 Å². The Hall–Kier alpha value is -1.09. The highest BCUT2D eigenvalue weighted by Crippen LogP contribution is 2.28. The SMILES string of the molecule is Cc1cccc(N2CCC3CNCC3C2)n1. The summed E-state index contributed by atoms with van der Waals surface area (Å²) in [6.07, 6.45) is 1.31. The molecule has 3 nitrogen and oxygen atoms in total. The molecule has 1 N–H and O–H groups in total. The molecular weight excluding hydrogens is 198 g/mol. The van der Waals surface area contributed by atoms with E-state index in [1.807, 2.05) is 0 Å². The van der Waals surface area contributed by atoms with Gasteiger partial charge < -0.3 is 10.2 Å². The van der Waals surface area contributed by atoms with E-state index in [1.54, 1.807) is 0 Å². The van der Waals surface area contributed by atoms with Crippen molar-refractivity contribution in [3.63, 3.8) is 0 Å². The Balaban J connectivity index is 1.76. The molecule has 2 aliphatic rings. The molecule has 0 radical (unpaired) electrons. The van der Waals surface area contributed by atoms with Gasteiger partial charge in [-0.1, -0.05) is 6.07 Å². The summed E-state index contributed by atoms with van der Waals surface area (Å²) >= 11 is 0. The van der Waals surface area contributed by atoms with Crippen LogP contribution in [0.1, 0.15) is 12.1 Å². The van der Waals surface area contributed by atoms with Crippen LogP contribution in [0.3, 0.4) is 0 Å². The molecule has 3 heteroatoms. The average molecular weight is 217 g/mol. The number of aromatic nitrogens is 1. The number of pyridine rings is 1. The van der Waals surface area contributed by atoms with Crippen LogP contribution in [0.15, 0.2) is 18.2 Å². The Morgan fingerprint density at radius 3 is 3.06 bits per heavy atom. The maximum absolute atomic E-state index is 4.62. The van der Waals surface area contributed by atoms with Gasteiger partial charge in [-0.05, 0) is 50.4 Å². The van der Waals surface area contributed by atoms with Crippen molar-refractivity contribution in [3.05, 3.63) is 23.9 Å². The molecule has 86 valence electrons. The quantitative estimate of drug-likeness (QED) is 0.771. The van der Waals surface area contributed by atoms with Crippen LogP contribution in [-0.4, -0.2) is 31.2 Å². The molecule has 1 aromatic rings. The third-order valence-corrected chi connectivity index (χ3v) is 3.90. The highest BCUT2D eigenvalue weighted by atomic mass is 15.2. The van der Waals surface area contributed by atoms with Crippen LogP contribution in [-0.2, 0) is 0 Å². The number of nitrogens with one attached hydrogen (secondary N) is 1. The summed E-state index contributed by atoms with van der Waals surface area (Å²) in [6, 6.07) is 6.31. The third-order valence-electron chi connectivity index (χ3n) is 3.90. The Morgan fingerprint density at radius 2 is 2.19 bits per heavy atom. The zero-order valence-electron chi connectivity index (χ0n) is 9.82. The van der Waals surface area contributed by atoms with Gasteiger partial charge in [-0.25, -0.2) is 4.98 Å². The van der Waals surface area contributed by atoms with E-state index in [9.17, 15) is 0 Å². The molecule has 1 aromatic heterocycles. The molecule has 0 amide bonds. The van der Waals surface area contributed by atoms with E-state index < -0.39 is 0 Å². The molecule has 2 saturated heterocycles. The smallest absolute Gasteiger partial charge is 0.128 e. The van der Waals surface area contributed by atoms with Gasteiger partial charge in [0, 0.05) is 18.8 Å². The standard InChI is InChI=1S/C13H19N3/c1-10-3-2-4-13(15-10)16-6-5-11-7-14-8-12(11)9-16/h2-4,11-12,14H,5-9H2,1H3. The number of hydrogen-bond donors (Lipinski definition) is 1. The molecular formula is C13H19N3. The van der Waals surface area contributed by atoms with Gasteiger partial charge in [-0.15, -0.1) is 0 Å². The van der Waals surface area contributed by atoms with Crippen LogP contribution < -0.4 is 10.2 Å². The molecule has 2 fully saturated rings. The number of nitrogens with zero attached hydrogens (tertiary/aromatic N) is 2. The van der Waals surface area contributed by atoms with E-state index in [2.05, 4.69) is 40.3 Å². The molecule has 0 bridgehead atoms. The minimum atomic E-state index is 0.830. The second-order valence-corrected chi connectivity index (χ2v) is 5.05. The second-order valence-electron chi connectivity index (χ2n) is 5.05. The van der Waals surface area contributed by atoms with Crippen LogP contribution in [0.2, 0.25) is 0 Å². The molecule has 16 heavy (non-hydrogen) atoms. The van der Waals surface area contributed by atoms with Crippen molar-refractivity contribution in [2.24, 2.45) is 11.8 Å². The lowest BCUT2D eigenvalue weighted by molar-refractivity contribution is 0.347. The van der Waals surface area contributed by atoms with Crippen molar-refractivity contribution >= 4 is 5.82 Å². The van der Waals surface area contributed by atoms with E-state index in [0.29, 0.717) is 0 Å². The van der Waals surface area contributed by atoms with E-state index >= 15 is 0 Å². The summed E-state index contributed by atoms with van der Waals surface area (Å²) < 4.78 is 0. The summed E-state index contributed by atoms with van der Waals surface area (Å²) in [4.78, 5) is 7.06. The highest BCUT2D eigenvalue weighted by Gasteiger charge is 2.32. The lowest BCUT2D eigenvalue weighted by Crippen LogP contribution is -2.40. The van der Waals surface area contributed by atoms with Crippen molar-refractivity contribution in [2.45, 2.75) is 13.3 Å². The normalized spacial score (nSPS) is 29.2. The van der Waals surface area contributed by atoms with Crippen molar-refractivity contribution in [1.82, 2.24) is 10.3 Å². The second kappa shape index (κ2) is 4.06. The molecule has 0 saturated carbocycles.